The van der Waals surface area contributed by atoms with Crippen molar-refractivity contribution in [2.45, 2.75) is 31.1 Å². The normalized spacial score (nSPS) is 33.8. The zero-order valence-electron chi connectivity index (χ0n) is 15.6. The van der Waals surface area contributed by atoms with E-state index < -0.39 is 28.6 Å². The third-order valence-corrected chi connectivity index (χ3v) is 7.87. The summed E-state index contributed by atoms with van der Waals surface area (Å²) in [5.74, 6) is -2.02. The van der Waals surface area contributed by atoms with E-state index in [1.807, 2.05) is 36.4 Å². The van der Waals surface area contributed by atoms with Crippen LogP contribution in [0.25, 0.3) is 0 Å². The molecule has 3 aliphatic rings. The van der Waals surface area contributed by atoms with Crippen LogP contribution in [-0.4, -0.2) is 24.9 Å². The summed E-state index contributed by atoms with van der Waals surface area (Å²) in [6.45, 7) is 0. The largest absolute Gasteiger partial charge is 0.469 e. The number of rotatable bonds is 6. The maximum absolute atomic E-state index is 13.2. The second kappa shape index (κ2) is 6.17. The molecule has 7 heteroatoms. The third-order valence-electron chi connectivity index (χ3n) is 7.34. The highest BCUT2D eigenvalue weighted by Crippen LogP contribution is 2.80. The molecule has 2 amide bonds. The Morgan fingerprint density at radius 1 is 1.07 bits per heavy atom. The fourth-order valence-electron chi connectivity index (χ4n) is 6.21. The molecule has 2 fully saturated rings. The quantitative estimate of drug-likeness (QED) is 0.514. The van der Waals surface area contributed by atoms with Crippen molar-refractivity contribution in [3.63, 3.8) is 0 Å². The van der Waals surface area contributed by atoms with Crippen molar-refractivity contribution in [3.8, 4) is 0 Å². The number of carbonyl (C=O) groups is 3. The summed E-state index contributed by atoms with van der Waals surface area (Å²) in [5, 5.41) is 0. The van der Waals surface area contributed by atoms with Crippen LogP contribution in [0.3, 0.4) is 0 Å². The zero-order valence-corrected chi connectivity index (χ0v) is 17.2. The SMILES string of the molecule is COC(=O)CC[C@@]1(C(N)=O)[C@@H]2C=C[C@@H](C23CC3)[C@@]1(C(N)=O)c1ccc(Br)cc1. The summed E-state index contributed by atoms with van der Waals surface area (Å²) in [4.78, 5) is 38.3. The number of benzene rings is 1. The third kappa shape index (κ3) is 2.11. The Kier molecular flexibility index (Phi) is 4.23. The first-order valence-corrected chi connectivity index (χ1v) is 10.2. The first-order chi connectivity index (χ1) is 13.3. The van der Waals surface area contributed by atoms with Gasteiger partial charge in [0.1, 0.15) is 0 Å². The molecule has 4 rings (SSSR count). The molecule has 1 aromatic rings. The summed E-state index contributed by atoms with van der Waals surface area (Å²) < 4.78 is 5.66. The topological polar surface area (TPSA) is 112 Å². The van der Waals surface area contributed by atoms with E-state index in [0.717, 1.165) is 17.3 Å². The average Bonchev–Trinajstić information content (AvgIpc) is 3.33. The van der Waals surface area contributed by atoms with E-state index in [2.05, 4.69) is 15.9 Å². The van der Waals surface area contributed by atoms with Crippen molar-refractivity contribution in [1.29, 1.82) is 0 Å². The molecule has 4 N–H and O–H groups in total. The van der Waals surface area contributed by atoms with Gasteiger partial charge in [-0.2, -0.15) is 0 Å². The molecular weight excluding hydrogens is 424 g/mol. The maximum Gasteiger partial charge on any atom is 0.305 e. The van der Waals surface area contributed by atoms with Crippen molar-refractivity contribution in [2.24, 2.45) is 34.1 Å². The van der Waals surface area contributed by atoms with Gasteiger partial charge >= 0.3 is 5.97 Å². The van der Waals surface area contributed by atoms with E-state index >= 15 is 0 Å². The Bertz CT molecular complexity index is 892. The minimum absolute atomic E-state index is 0.00185. The lowest BCUT2D eigenvalue weighted by Crippen LogP contribution is -2.62. The number of esters is 1. The molecule has 2 saturated carbocycles. The van der Waals surface area contributed by atoms with Crippen LogP contribution in [0.15, 0.2) is 40.9 Å². The molecule has 0 aromatic heterocycles. The number of allylic oxidation sites excluding steroid dienone is 2. The molecule has 4 atom stereocenters. The molecule has 0 radical (unpaired) electrons. The predicted molar refractivity (Wildman–Crippen MR) is 106 cm³/mol. The lowest BCUT2D eigenvalue weighted by atomic mass is 9.52. The highest BCUT2D eigenvalue weighted by atomic mass is 79.9. The Balaban J connectivity index is 1.98. The number of ether oxygens (including phenoxy) is 1. The molecule has 1 aromatic carbocycles. The van der Waals surface area contributed by atoms with Crippen LogP contribution >= 0.6 is 15.9 Å². The smallest absolute Gasteiger partial charge is 0.305 e. The highest BCUT2D eigenvalue weighted by molar-refractivity contribution is 9.10. The Morgan fingerprint density at radius 3 is 2.18 bits per heavy atom. The first-order valence-electron chi connectivity index (χ1n) is 9.38. The molecule has 28 heavy (non-hydrogen) atoms. The molecule has 6 nitrogen and oxygen atoms in total. The number of amides is 2. The Labute approximate surface area is 171 Å². The van der Waals surface area contributed by atoms with E-state index in [9.17, 15) is 14.4 Å². The van der Waals surface area contributed by atoms with E-state index in [0.29, 0.717) is 5.56 Å². The summed E-state index contributed by atoms with van der Waals surface area (Å²) >= 11 is 3.42. The minimum Gasteiger partial charge on any atom is -0.469 e. The number of methoxy groups -OCH3 is 1. The van der Waals surface area contributed by atoms with Gasteiger partial charge in [-0.3, -0.25) is 14.4 Å². The number of hydrogen-bond donors (Lipinski definition) is 2. The fraction of sp³-hybridized carbons (Fsp3) is 0.476. The summed E-state index contributed by atoms with van der Waals surface area (Å²) in [6, 6.07) is 7.33. The van der Waals surface area contributed by atoms with Gasteiger partial charge in [0.2, 0.25) is 11.8 Å². The van der Waals surface area contributed by atoms with Gasteiger partial charge in [-0.15, -0.1) is 0 Å². The number of nitrogens with two attached hydrogens (primary N) is 2. The molecule has 2 bridgehead atoms. The van der Waals surface area contributed by atoms with Gasteiger partial charge < -0.3 is 16.2 Å². The summed E-state index contributed by atoms with van der Waals surface area (Å²) in [7, 11) is 1.30. The second-order valence-corrected chi connectivity index (χ2v) is 9.08. The van der Waals surface area contributed by atoms with E-state index in [1.165, 1.54) is 7.11 Å². The second-order valence-electron chi connectivity index (χ2n) is 8.16. The molecule has 1 spiro atoms. The number of carbonyl (C=O) groups excluding carboxylic acids is 3. The van der Waals surface area contributed by atoms with Crippen LogP contribution in [0, 0.1) is 22.7 Å². The van der Waals surface area contributed by atoms with Crippen molar-refractivity contribution < 1.29 is 19.1 Å². The lowest BCUT2D eigenvalue weighted by molar-refractivity contribution is -0.147. The number of primary amides is 2. The van der Waals surface area contributed by atoms with Gasteiger partial charge in [0.15, 0.2) is 0 Å². The molecule has 0 aliphatic heterocycles. The van der Waals surface area contributed by atoms with Crippen LogP contribution in [0.4, 0.5) is 0 Å². The minimum atomic E-state index is -1.29. The lowest BCUT2D eigenvalue weighted by Gasteiger charge is -2.48. The van der Waals surface area contributed by atoms with Crippen molar-refractivity contribution in [2.75, 3.05) is 7.11 Å². The fourth-order valence-corrected chi connectivity index (χ4v) is 6.47. The summed E-state index contributed by atoms with van der Waals surface area (Å²) in [6.07, 6.45) is 5.99. The van der Waals surface area contributed by atoms with Gasteiger partial charge in [-0.1, -0.05) is 40.2 Å². The highest BCUT2D eigenvalue weighted by Gasteiger charge is 2.82. The average molecular weight is 447 g/mol. The number of halogens is 1. The van der Waals surface area contributed by atoms with Crippen molar-refractivity contribution in [1.82, 2.24) is 0 Å². The molecule has 0 heterocycles. The van der Waals surface area contributed by atoms with E-state index in [-0.39, 0.29) is 30.1 Å². The van der Waals surface area contributed by atoms with Crippen LogP contribution in [-0.2, 0) is 24.5 Å². The molecule has 0 saturated heterocycles. The van der Waals surface area contributed by atoms with Gasteiger partial charge in [0.25, 0.3) is 0 Å². The molecular formula is C21H23BrN2O4. The van der Waals surface area contributed by atoms with E-state index in [1.54, 1.807) is 0 Å². The van der Waals surface area contributed by atoms with Gasteiger partial charge in [-0.05, 0) is 48.3 Å². The van der Waals surface area contributed by atoms with Gasteiger partial charge in [0, 0.05) is 16.8 Å². The van der Waals surface area contributed by atoms with E-state index in [4.69, 9.17) is 16.2 Å². The molecule has 148 valence electrons. The summed E-state index contributed by atoms with van der Waals surface area (Å²) in [5.41, 5.74) is 10.0. The predicted octanol–water partition coefficient (Wildman–Crippen LogP) is 2.19. The first kappa shape index (κ1) is 19.2. The van der Waals surface area contributed by atoms with Crippen LogP contribution < -0.4 is 11.5 Å². The standard InChI is InChI=1S/C21H23BrN2O4/c1-28-16(25)8-9-20(17(23)26)14-6-7-15(19(14)10-11-19)21(20,18(24)27)12-2-4-13(22)5-3-12/h2-7,14-15H,8-11H2,1H3,(H2,23,26)(H2,24,27)/t14-,15+,20+,21-/m1/s1. The molecule has 3 aliphatic carbocycles. The maximum atomic E-state index is 13.2. The van der Waals surface area contributed by atoms with Crippen LogP contribution in [0.2, 0.25) is 0 Å². The zero-order chi connectivity index (χ0) is 20.3. The van der Waals surface area contributed by atoms with Crippen LogP contribution in [0.1, 0.15) is 31.2 Å². The van der Waals surface area contributed by atoms with Crippen molar-refractivity contribution >= 4 is 33.7 Å². The monoisotopic (exact) mass is 446 g/mol. The van der Waals surface area contributed by atoms with Crippen LogP contribution in [0.5, 0.6) is 0 Å². The Hall–Kier alpha value is -2.15. The number of hydrogen-bond acceptors (Lipinski definition) is 4. The molecule has 0 unspecified atom stereocenters. The van der Waals surface area contributed by atoms with Gasteiger partial charge in [0.05, 0.1) is 17.9 Å². The Morgan fingerprint density at radius 2 is 1.68 bits per heavy atom. The van der Waals surface area contributed by atoms with Crippen molar-refractivity contribution in [3.05, 3.63) is 46.5 Å². The van der Waals surface area contributed by atoms with Gasteiger partial charge in [-0.25, -0.2) is 0 Å².